The summed E-state index contributed by atoms with van der Waals surface area (Å²) in [5.41, 5.74) is -4.50. The summed E-state index contributed by atoms with van der Waals surface area (Å²) in [6.45, 7) is 0.417. The third-order valence-electron chi connectivity index (χ3n) is 3.75. The Balaban J connectivity index is 1.68. The van der Waals surface area contributed by atoms with Gasteiger partial charge < -0.3 is 0 Å². The van der Waals surface area contributed by atoms with Crippen molar-refractivity contribution in [3.8, 4) is 0 Å². The predicted molar refractivity (Wildman–Crippen MR) is 101 cm³/mol. The van der Waals surface area contributed by atoms with Crippen LogP contribution in [0.5, 0.6) is 0 Å². The van der Waals surface area contributed by atoms with Gasteiger partial charge in [-0.15, -0.1) is 5.10 Å². The van der Waals surface area contributed by atoms with Crippen molar-refractivity contribution in [3.63, 3.8) is 0 Å². The normalized spacial score (nSPS) is 12.0. The molecule has 1 heterocycles. The molecule has 7 nitrogen and oxygen atoms in total. The van der Waals surface area contributed by atoms with Crippen molar-refractivity contribution in [2.45, 2.75) is 16.9 Å². The van der Waals surface area contributed by atoms with Gasteiger partial charge in [-0.2, -0.15) is 13.2 Å². The number of alkyl halides is 3. The number of carbonyl (C=O) groups is 1. The van der Waals surface area contributed by atoms with Crippen LogP contribution in [0.15, 0.2) is 64.2 Å². The lowest BCUT2D eigenvalue weighted by Gasteiger charge is -2.08. The van der Waals surface area contributed by atoms with Crippen molar-refractivity contribution in [1.82, 2.24) is 14.8 Å². The largest absolute Gasteiger partial charge is 0.501 e. The van der Waals surface area contributed by atoms with Gasteiger partial charge in [0.25, 0.3) is 15.7 Å². The summed E-state index contributed by atoms with van der Waals surface area (Å²) in [5, 5.41) is 6.50. The van der Waals surface area contributed by atoms with E-state index in [2.05, 4.69) is 31.3 Å². The Bertz CT molecular complexity index is 1130. The number of nitrogens with zero attached hydrogens (tertiary/aromatic N) is 3. The maximum absolute atomic E-state index is 12.6. The average Bonchev–Trinajstić information content (AvgIpc) is 3.09. The summed E-state index contributed by atoms with van der Waals surface area (Å²) in [5.74, 6) is -0.693. The van der Waals surface area contributed by atoms with Crippen LogP contribution in [0.3, 0.4) is 0 Å². The van der Waals surface area contributed by atoms with E-state index in [9.17, 15) is 26.4 Å². The van der Waals surface area contributed by atoms with Gasteiger partial charge in [0.1, 0.15) is 6.33 Å². The quantitative estimate of drug-likeness (QED) is 0.591. The van der Waals surface area contributed by atoms with Crippen LogP contribution in [0.4, 0.5) is 19.1 Å². The predicted octanol–water partition coefficient (Wildman–Crippen LogP) is 3.63. The molecule has 3 aromatic rings. The number of nitrogens with one attached hydrogen (secondary N) is 1. The van der Waals surface area contributed by atoms with Gasteiger partial charge in [-0.25, -0.2) is 18.1 Å². The second kappa shape index (κ2) is 7.95. The van der Waals surface area contributed by atoms with Gasteiger partial charge in [0.15, 0.2) is 0 Å². The topological polar surface area (TPSA) is 93.9 Å². The molecule has 0 aliphatic carbocycles. The Morgan fingerprint density at radius 2 is 1.69 bits per heavy atom. The highest BCUT2D eigenvalue weighted by Gasteiger charge is 2.46. The molecule has 1 N–H and O–H groups in total. The zero-order valence-electron chi connectivity index (χ0n) is 14.4. The van der Waals surface area contributed by atoms with Crippen LogP contribution in [-0.4, -0.2) is 34.6 Å². The first-order valence-corrected chi connectivity index (χ1v) is 10.2. The molecule has 0 saturated heterocycles. The van der Waals surface area contributed by atoms with Crippen molar-refractivity contribution < 1.29 is 26.4 Å². The van der Waals surface area contributed by atoms with Crippen molar-refractivity contribution >= 4 is 37.6 Å². The van der Waals surface area contributed by atoms with Crippen LogP contribution in [0.2, 0.25) is 0 Å². The van der Waals surface area contributed by atoms with Crippen molar-refractivity contribution in [2.75, 3.05) is 5.32 Å². The summed E-state index contributed by atoms with van der Waals surface area (Å²) in [4.78, 5) is 15.2. The average molecular weight is 489 g/mol. The lowest BCUT2D eigenvalue weighted by molar-refractivity contribution is -0.0436. The summed E-state index contributed by atoms with van der Waals surface area (Å²) in [6.07, 6.45) is 1.41. The zero-order valence-corrected chi connectivity index (χ0v) is 16.8. The van der Waals surface area contributed by atoms with E-state index in [4.69, 9.17) is 0 Å². The summed E-state index contributed by atoms with van der Waals surface area (Å²) >= 11 is 3.34. The van der Waals surface area contributed by atoms with E-state index in [0.717, 1.165) is 34.3 Å². The molecule has 0 unspecified atom stereocenters. The van der Waals surface area contributed by atoms with Gasteiger partial charge >= 0.3 is 5.51 Å². The van der Waals surface area contributed by atoms with Crippen molar-refractivity contribution in [2.24, 2.45) is 0 Å². The van der Waals surface area contributed by atoms with Crippen molar-refractivity contribution in [1.29, 1.82) is 0 Å². The standard InChI is InChI=1S/C17H12BrF3N4O3S/c18-13-5-1-11(2-6-13)9-25-10-22-16(24-25)23-15(26)12-3-7-14(8-4-12)29(27,28)17(19,20)21/h1-8,10H,9H2,(H,23,24,26). The number of rotatable bonds is 5. The van der Waals surface area contributed by atoms with Gasteiger partial charge in [-0.3, -0.25) is 10.1 Å². The maximum atomic E-state index is 12.6. The van der Waals surface area contributed by atoms with Crippen LogP contribution in [0.1, 0.15) is 15.9 Å². The minimum Gasteiger partial charge on any atom is -0.289 e. The summed E-state index contributed by atoms with van der Waals surface area (Å²) in [7, 11) is -5.47. The minimum atomic E-state index is -5.47. The molecule has 29 heavy (non-hydrogen) atoms. The van der Waals surface area contributed by atoms with Crippen LogP contribution < -0.4 is 5.32 Å². The summed E-state index contributed by atoms with van der Waals surface area (Å²) in [6, 6.07) is 10.9. The molecule has 1 amide bonds. The van der Waals surface area contributed by atoms with Crippen LogP contribution in [0.25, 0.3) is 0 Å². The molecule has 152 valence electrons. The Morgan fingerprint density at radius 3 is 2.28 bits per heavy atom. The SMILES string of the molecule is O=C(Nc1ncn(Cc2ccc(Br)cc2)n1)c1ccc(S(=O)(=O)C(F)(F)F)cc1. The number of carbonyl (C=O) groups excluding carboxylic acids is 1. The molecular formula is C17H12BrF3N4O3S. The fourth-order valence-corrected chi connectivity index (χ4v) is 3.32. The number of aromatic nitrogens is 3. The summed E-state index contributed by atoms with van der Waals surface area (Å²) < 4.78 is 62.8. The fourth-order valence-electron chi connectivity index (χ4n) is 2.30. The second-order valence-corrected chi connectivity index (χ2v) is 8.68. The van der Waals surface area contributed by atoms with E-state index in [1.807, 2.05) is 24.3 Å². The molecular weight excluding hydrogens is 477 g/mol. The number of amides is 1. The molecule has 0 spiro atoms. The molecule has 0 fully saturated rings. The van der Waals surface area contributed by atoms with E-state index in [1.54, 1.807) is 0 Å². The molecule has 0 aliphatic heterocycles. The number of anilines is 1. The zero-order chi connectivity index (χ0) is 21.2. The first-order chi connectivity index (χ1) is 13.6. The van der Waals surface area contributed by atoms with Gasteiger partial charge in [0.2, 0.25) is 5.95 Å². The van der Waals surface area contributed by atoms with E-state index < -0.39 is 26.1 Å². The molecule has 2 aromatic carbocycles. The molecule has 0 aliphatic rings. The number of hydrogen-bond donors (Lipinski definition) is 1. The van der Waals surface area contributed by atoms with E-state index in [1.165, 1.54) is 11.0 Å². The van der Waals surface area contributed by atoms with Gasteiger partial charge in [0.05, 0.1) is 11.4 Å². The van der Waals surface area contributed by atoms with Crippen LogP contribution >= 0.6 is 15.9 Å². The second-order valence-electron chi connectivity index (χ2n) is 5.82. The van der Waals surface area contributed by atoms with Gasteiger partial charge in [-0.05, 0) is 42.0 Å². The maximum Gasteiger partial charge on any atom is 0.501 e. The Labute approximate surface area is 171 Å². The monoisotopic (exact) mass is 488 g/mol. The molecule has 0 bridgehead atoms. The lowest BCUT2D eigenvalue weighted by atomic mass is 10.2. The highest BCUT2D eigenvalue weighted by molar-refractivity contribution is 9.10. The number of sulfone groups is 1. The first-order valence-electron chi connectivity index (χ1n) is 7.93. The fraction of sp³-hybridized carbons (Fsp3) is 0.118. The third-order valence-corrected chi connectivity index (χ3v) is 5.78. The van der Waals surface area contributed by atoms with E-state index in [0.29, 0.717) is 6.54 Å². The highest BCUT2D eigenvalue weighted by atomic mass is 79.9. The molecule has 12 heteroatoms. The number of hydrogen-bond acceptors (Lipinski definition) is 5. The Kier molecular flexibility index (Phi) is 5.75. The van der Waals surface area contributed by atoms with Gasteiger partial charge in [0, 0.05) is 10.0 Å². The third kappa shape index (κ3) is 4.82. The molecule has 0 atom stereocenters. The van der Waals surface area contributed by atoms with Crippen molar-refractivity contribution in [3.05, 3.63) is 70.5 Å². The minimum absolute atomic E-state index is 0.000832. The molecule has 1 aromatic heterocycles. The molecule has 0 saturated carbocycles. The Morgan fingerprint density at radius 1 is 1.07 bits per heavy atom. The first kappa shape index (κ1) is 21.0. The van der Waals surface area contributed by atoms with Crippen LogP contribution in [0, 0.1) is 0 Å². The number of benzene rings is 2. The van der Waals surface area contributed by atoms with E-state index >= 15 is 0 Å². The smallest absolute Gasteiger partial charge is 0.289 e. The highest BCUT2D eigenvalue weighted by Crippen LogP contribution is 2.30. The lowest BCUT2D eigenvalue weighted by Crippen LogP contribution is -2.23. The van der Waals surface area contributed by atoms with Gasteiger partial charge in [-0.1, -0.05) is 28.1 Å². The number of halogens is 4. The van der Waals surface area contributed by atoms with Crippen LogP contribution in [-0.2, 0) is 16.4 Å². The Hall–Kier alpha value is -2.73. The molecule has 0 radical (unpaired) electrons. The molecule has 3 rings (SSSR count). The van der Waals surface area contributed by atoms with E-state index in [-0.39, 0.29) is 11.5 Å².